The molecule has 2 aliphatic rings. The summed E-state index contributed by atoms with van der Waals surface area (Å²) < 4.78 is 25.2. The van der Waals surface area contributed by atoms with Gasteiger partial charge in [0.1, 0.15) is 0 Å². The Morgan fingerprint density at radius 1 is 0.800 bits per heavy atom. The first-order valence-corrected chi connectivity index (χ1v) is 13.6. The Morgan fingerprint density at radius 2 is 1.46 bits per heavy atom. The maximum absolute atomic E-state index is 13.5. The summed E-state index contributed by atoms with van der Waals surface area (Å²) in [4.78, 5) is 29.8. The molecule has 180 valence electrons. The van der Waals surface area contributed by atoms with Gasteiger partial charge in [0.05, 0.1) is 10.6 Å². The molecule has 5 rings (SSSR count). The van der Waals surface area contributed by atoms with Crippen LogP contribution in [0.1, 0.15) is 43.0 Å². The molecule has 0 aliphatic heterocycles. The minimum absolute atomic E-state index is 0.106. The molecule has 0 saturated heterocycles. The van der Waals surface area contributed by atoms with Gasteiger partial charge in [0.25, 0.3) is 5.91 Å². The quantitative estimate of drug-likeness (QED) is 0.428. The van der Waals surface area contributed by atoms with Crippen molar-refractivity contribution in [3.05, 3.63) is 84.4 Å². The maximum Gasteiger partial charge on any atom is 0.258 e. The number of carbonyl (C=O) groups excluding carboxylic acids is 2. The summed E-state index contributed by atoms with van der Waals surface area (Å²) in [6, 6.07) is 23.2. The molecular weight excluding hydrogens is 460 g/mol. The molecule has 0 N–H and O–H groups in total. The summed E-state index contributed by atoms with van der Waals surface area (Å²) in [5, 5.41) is 0. The summed E-state index contributed by atoms with van der Waals surface area (Å²) in [6.07, 6.45) is 3.87. The molecule has 2 fully saturated rings. The minimum Gasteiger partial charge on any atom is -0.305 e. The smallest absolute Gasteiger partial charge is 0.258 e. The third kappa shape index (κ3) is 5.15. The molecule has 3 aromatic rings. The molecule has 0 aromatic heterocycles. The number of benzene rings is 3. The third-order valence-corrected chi connectivity index (χ3v) is 8.34. The first kappa shape index (κ1) is 23.3. The van der Waals surface area contributed by atoms with E-state index in [9.17, 15) is 18.0 Å². The number of nitrogens with zero attached hydrogens (tertiary/aromatic N) is 2. The number of hydrogen-bond acceptors (Lipinski definition) is 4. The van der Waals surface area contributed by atoms with Gasteiger partial charge in [0.2, 0.25) is 5.91 Å². The van der Waals surface area contributed by atoms with Crippen LogP contribution >= 0.6 is 0 Å². The largest absolute Gasteiger partial charge is 0.305 e. The van der Waals surface area contributed by atoms with Crippen LogP contribution in [0.3, 0.4) is 0 Å². The van der Waals surface area contributed by atoms with Gasteiger partial charge in [-0.05, 0) is 86.2 Å². The van der Waals surface area contributed by atoms with Crippen molar-refractivity contribution in [1.29, 1.82) is 0 Å². The fraction of sp³-hybridized carbons (Fsp3) is 0.286. The Balaban J connectivity index is 1.43. The SMILES string of the molecule is CC(=O)N(c1ccc(S(=O)(=O)CC2CC2)cc1)c1cccc(C(=O)N(c2ccccc2)C2CC2)c1. The van der Waals surface area contributed by atoms with E-state index in [1.165, 1.54) is 11.8 Å². The van der Waals surface area contributed by atoms with Crippen LogP contribution in [-0.4, -0.2) is 32.0 Å². The molecule has 35 heavy (non-hydrogen) atoms. The van der Waals surface area contributed by atoms with E-state index in [1.807, 2.05) is 35.2 Å². The van der Waals surface area contributed by atoms with Crippen LogP contribution in [0.15, 0.2) is 83.8 Å². The van der Waals surface area contributed by atoms with Crippen LogP contribution < -0.4 is 9.80 Å². The Kier molecular flexibility index (Phi) is 6.19. The Morgan fingerprint density at radius 3 is 2.06 bits per heavy atom. The zero-order valence-corrected chi connectivity index (χ0v) is 20.4. The summed E-state index contributed by atoms with van der Waals surface area (Å²) in [5.41, 5.74) is 2.46. The fourth-order valence-corrected chi connectivity index (χ4v) is 6.04. The number of amides is 2. The van der Waals surface area contributed by atoms with Crippen molar-refractivity contribution in [2.24, 2.45) is 5.92 Å². The van der Waals surface area contributed by atoms with Crippen LogP contribution in [0.25, 0.3) is 0 Å². The van der Waals surface area contributed by atoms with Crippen LogP contribution in [0.4, 0.5) is 17.1 Å². The van der Waals surface area contributed by atoms with E-state index in [0.717, 1.165) is 31.4 Å². The van der Waals surface area contributed by atoms with Crippen LogP contribution in [0.5, 0.6) is 0 Å². The van der Waals surface area contributed by atoms with Crippen LogP contribution in [0.2, 0.25) is 0 Å². The van der Waals surface area contributed by atoms with E-state index in [1.54, 1.807) is 48.5 Å². The summed E-state index contributed by atoms with van der Waals surface area (Å²) in [7, 11) is -3.33. The molecule has 2 aliphatic carbocycles. The summed E-state index contributed by atoms with van der Waals surface area (Å²) in [6.45, 7) is 1.45. The predicted molar refractivity (Wildman–Crippen MR) is 137 cm³/mol. The van der Waals surface area contributed by atoms with E-state index < -0.39 is 9.84 Å². The van der Waals surface area contributed by atoms with Crippen molar-refractivity contribution in [2.75, 3.05) is 15.6 Å². The molecule has 7 heteroatoms. The van der Waals surface area contributed by atoms with Crippen LogP contribution in [0, 0.1) is 5.92 Å². The highest BCUT2D eigenvalue weighted by Crippen LogP contribution is 2.35. The van der Waals surface area contributed by atoms with Crippen molar-refractivity contribution in [1.82, 2.24) is 0 Å². The van der Waals surface area contributed by atoms with Crippen molar-refractivity contribution < 1.29 is 18.0 Å². The number of rotatable bonds is 8. The maximum atomic E-state index is 13.5. The lowest BCUT2D eigenvalue weighted by Gasteiger charge is -2.25. The molecule has 0 unspecified atom stereocenters. The van der Waals surface area contributed by atoms with Crippen molar-refractivity contribution in [2.45, 2.75) is 43.5 Å². The van der Waals surface area contributed by atoms with E-state index in [2.05, 4.69) is 0 Å². The Hall–Kier alpha value is -3.45. The van der Waals surface area contributed by atoms with Gasteiger partial charge in [-0.1, -0.05) is 24.3 Å². The van der Waals surface area contributed by atoms with E-state index >= 15 is 0 Å². The molecule has 6 nitrogen and oxygen atoms in total. The van der Waals surface area contributed by atoms with Gasteiger partial charge in [0, 0.05) is 35.6 Å². The molecule has 0 spiro atoms. The first-order valence-electron chi connectivity index (χ1n) is 12.0. The molecule has 0 radical (unpaired) electrons. The van der Waals surface area contributed by atoms with Gasteiger partial charge < -0.3 is 4.90 Å². The van der Waals surface area contributed by atoms with Crippen molar-refractivity contribution in [3.63, 3.8) is 0 Å². The first-order chi connectivity index (χ1) is 16.8. The highest BCUT2D eigenvalue weighted by molar-refractivity contribution is 7.91. The topological polar surface area (TPSA) is 74.8 Å². The van der Waals surface area contributed by atoms with E-state index in [4.69, 9.17) is 0 Å². The molecule has 3 aromatic carbocycles. The summed E-state index contributed by atoms with van der Waals surface area (Å²) in [5.74, 6) is 0.0990. The minimum atomic E-state index is -3.33. The zero-order chi connectivity index (χ0) is 24.6. The lowest BCUT2D eigenvalue weighted by atomic mass is 10.1. The molecule has 2 amide bonds. The number of carbonyl (C=O) groups is 2. The molecule has 0 bridgehead atoms. The molecular formula is C28H28N2O4S. The van der Waals surface area contributed by atoms with Gasteiger partial charge in [-0.25, -0.2) is 8.42 Å². The number of sulfone groups is 1. The molecule has 0 atom stereocenters. The average Bonchev–Trinajstić information content (AvgIpc) is 3.77. The Labute approximate surface area is 206 Å². The number of anilines is 3. The lowest BCUT2D eigenvalue weighted by molar-refractivity contribution is -0.115. The standard InChI is InChI=1S/C28H28N2O4S/c1-20(31)29(24-14-16-27(17-15-24)35(33,34)19-21-10-11-21)26-9-5-6-22(18-26)28(32)30(25-12-13-25)23-7-3-2-4-8-23/h2-9,14-18,21,25H,10-13,19H2,1H3. The second kappa shape index (κ2) is 9.30. The average molecular weight is 489 g/mol. The normalized spacial score (nSPS) is 15.5. The second-order valence-corrected chi connectivity index (χ2v) is 11.4. The van der Waals surface area contributed by atoms with Gasteiger partial charge in [0.15, 0.2) is 9.84 Å². The number of hydrogen-bond donors (Lipinski definition) is 0. The van der Waals surface area contributed by atoms with Gasteiger partial charge in [-0.3, -0.25) is 14.5 Å². The highest BCUT2D eigenvalue weighted by Gasteiger charge is 2.34. The lowest BCUT2D eigenvalue weighted by Crippen LogP contribution is -2.33. The highest BCUT2D eigenvalue weighted by atomic mass is 32.2. The van der Waals surface area contributed by atoms with E-state index in [-0.39, 0.29) is 34.4 Å². The predicted octanol–water partition coefficient (Wildman–Crippen LogP) is 5.36. The fourth-order valence-electron chi connectivity index (χ4n) is 4.34. The molecule has 0 heterocycles. The zero-order valence-electron chi connectivity index (χ0n) is 19.6. The van der Waals surface area contributed by atoms with Crippen molar-refractivity contribution >= 4 is 38.7 Å². The number of para-hydroxylation sites is 1. The van der Waals surface area contributed by atoms with Gasteiger partial charge >= 0.3 is 0 Å². The second-order valence-electron chi connectivity index (χ2n) is 9.37. The van der Waals surface area contributed by atoms with Gasteiger partial charge in [-0.2, -0.15) is 0 Å². The Bertz CT molecular complexity index is 1350. The van der Waals surface area contributed by atoms with Crippen LogP contribution in [-0.2, 0) is 14.6 Å². The third-order valence-electron chi connectivity index (χ3n) is 6.44. The van der Waals surface area contributed by atoms with Crippen molar-refractivity contribution in [3.8, 4) is 0 Å². The van der Waals surface area contributed by atoms with Gasteiger partial charge in [-0.15, -0.1) is 0 Å². The van der Waals surface area contributed by atoms with E-state index in [0.29, 0.717) is 16.9 Å². The molecule has 2 saturated carbocycles. The summed E-state index contributed by atoms with van der Waals surface area (Å²) >= 11 is 0. The monoisotopic (exact) mass is 488 g/mol.